The third-order valence-corrected chi connectivity index (χ3v) is 3.20. The van der Waals surface area contributed by atoms with E-state index in [2.05, 4.69) is 16.9 Å². The van der Waals surface area contributed by atoms with Crippen LogP contribution >= 0.6 is 0 Å². The lowest BCUT2D eigenvalue weighted by atomic mass is 10.1. The predicted octanol–water partition coefficient (Wildman–Crippen LogP) is 2.03. The normalized spacial score (nSPS) is 17.4. The van der Waals surface area contributed by atoms with E-state index in [9.17, 15) is 0 Å². The van der Waals surface area contributed by atoms with Gasteiger partial charge in [0, 0.05) is 18.4 Å². The molecule has 1 unspecified atom stereocenters. The summed E-state index contributed by atoms with van der Waals surface area (Å²) < 4.78 is 5.47. The number of aromatic nitrogens is 2. The molecule has 1 aliphatic carbocycles. The Labute approximate surface area is 96.2 Å². The fourth-order valence-corrected chi connectivity index (χ4v) is 1.98. The van der Waals surface area contributed by atoms with Crippen molar-refractivity contribution < 1.29 is 4.74 Å². The van der Waals surface area contributed by atoms with Crippen molar-refractivity contribution >= 4 is 5.82 Å². The largest absolute Gasteiger partial charge is 0.383 e. The van der Waals surface area contributed by atoms with Gasteiger partial charge in [0.05, 0.1) is 0 Å². The molecule has 1 aliphatic rings. The minimum Gasteiger partial charge on any atom is -0.383 e. The number of methoxy groups -OCH3 is 1. The number of anilines is 1. The first kappa shape index (κ1) is 11.3. The Morgan fingerprint density at radius 1 is 1.44 bits per heavy atom. The van der Waals surface area contributed by atoms with Gasteiger partial charge in [-0.15, -0.1) is 0 Å². The fourth-order valence-electron chi connectivity index (χ4n) is 1.98. The lowest BCUT2D eigenvalue weighted by Crippen LogP contribution is -2.13. The third-order valence-electron chi connectivity index (χ3n) is 3.20. The zero-order chi connectivity index (χ0) is 11.7. The second kappa shape index (κ2) is 4.37. The summed E-state index contributed by atoms with van der Waals surface area (Å²) in [6.07, 6.45) is 3.31. The van der Waals surface area contributed by atoms with Crippen molar-refractivity contribution in [1.29, 1.82) is 0 Å². The van der Waals surface area contributed by atoms with Gasteiger partial charge in [-0.25, -0.2) is 9.97 Å². The molecule has 1 atom stereocenters. The van der Waals surface area contributed by atoms with Crippen LogP contribution in [0.2, 0.25) is 0 Å². The molecule has 1 heterocycles. The van der Waals surface area contributed by atoms with Gasteiger partial charge < -0.3 is 10.5 Å². The second-order valence-corrected chi connectivity index (χ2v) is 4.39. The summed E-state index contributed by atoms with van der Waals surface area (Å²) in [5.74, 6) is 1.92. The molecule has 1 saturated carbocycles. The highest BCUT2D eigenvalue weighted by Crippen LogP contribution is 2.42. The van der Waals surface area contributed by atoms with Crippen LogP contribution in [0.15, 0.2) is 0 Å². The molecule has 16 heavy (non-hydrogen) atoms. The van der Waals surface area contributed by atoms with E-state index in [-0.39, 0.29) is 6.10 Å². The minimum atomic E-state index is 0.0215. The van der Waals surface area contributed by atoms with E-state index in [0.717, 1.165) is 23.5 Å². The van der Waals surface area contributed by atoms with Gasteiger partial charge in [-0.2, -0.15) is 0 Å². The molecule has 1 aromatic rings. The highest BCUT2D eigenvalue weighted by atomic mass is 16.5. The maximum atomic E-state index is 5.90. The number of rotatable bonds is 4. The maximum Gasteiger partial charge on any atom is 0.160 e. The maximum absolute atomic E-state index is 5.90. The van der Waals surface area contributed by atoms with Crippen LogP contribution in [0.25, 0.3) is 0 Å². The molecule has 0 bridgehead atoms. The first-order chi connectivity index (χ1) is 7.67. The van der Waals surface area contributed by atoms with Gasteiger partial charge >= 0.3 is 0 Å². The molecule has 0 amide bonds. The van der Waals surface area contributed by atoms with Crippen molar-refractivity contribution in [1.82, 2.24) is 9.97 Å². The molecule has 0 saturated heterocycles. The van der Waals surface area contributed by atoms with E-state index in [0.29, 0.717) is 11.7 Å². The first-order valence-corrected chi connectivity index (χ1v) is 5.83. The summed E-state index contributed by atoms with van der Waals surface area (Å²) in [7, 11) is 1.72. The molecule has 0 aromatic carbocycles. The Bertz CT molecular complexity index is 388. The SMILES string of the molecule is CCc1nc(C(OC)C2CC2)nc(N)c1C. The second-order valence-electron chi connectivity index (χ2n) is 4.39. The van der Waals surface area contributed by atoms with Crippen LogP contribution in [0.1, 0.15) is 43.0 Å². The monoisotopic (exact) mass is 221 g/mol. The lowest BCUT2D eigenvalue weighted by Gasteiger charge is -2.15. The van der Waals surface area contributed by atoms with E-state index in [1.165, 1.54) is 12.8 Å². The molecular weight excluding hydrogens is 202 g/mol. The summed E-state index contributed by atoms with van der Waals surface area (Å²) in [5, 5.41) is 0. The molecular formula is C12H19N3O. The van der Waals surface area contributed by atoms with Crippen LogP contribution in [0.5, 0.6) is 0 Å². The van der Waals surface area contributed by atoms with E-state index in [1.54, 1.807) is 7.11 Å². The highest BCUT2D eigenvalue weighted by molar-refractivity contribution is 5.41. The van der Waals surface area contributed by atoms with Crippen LogP contribution in [0.4, 0.5) is 5.82 Å². The number of aryl methyl sites for hydroxylation is 1. The molecule has 88 valence electrons. The van der Waals surface area contributed by atoms with Gasteiger partial charge in [-0.3, -0.25) is 0 Å². The average Bonchev–Trinajstić information content (AvgIpc) is 3.08. The lowest BCUT2D eigenvalue weighted by molar-refractivity contribution is 0.0771. The molecule has 4 heteroatoms. The first-order valence-electron chi connectivity index (χ1n) is 5.83. The molecule has 0 spiro atoms. The quantitative estimate of drug-likeness (QED) is 0.845. The molecule has 2 rings (SSSR count). The van der Waals surface area contributed by atoms with Gasteiger partial charge in [0.1, 0.15) is 11.9 Å². The Kier molecular flexibility index (Phi) is 3.10. The number of nitrogens with two attached hydrogens (primary N) is 1. The Morgan fingerprint density at radius 2 is 2.12 bits per heavy atom. The smallest absolute Gasteiger partial charge is 0.160 e. The van der Waals surface area contributed by atoms with Crippen LogP contribution in [0, 0.1) is 12.8 Å². The zero-order valence-corrected chi connectivity index (χ0v) is 10.2. The van der Waals surface area contributed by atoms with Crippen molar-refractivity contribution in [3.05, 3.63) is 17.1 Å². The van der Waals surface area contributed by atoms with E-state index < -0.39 is 0 Å². The van der Waals surface area contributed by atoms with Gasteiger partial charge in [0.25, 0.3) is 0 Å². The summed E-state index contributed by atoms with van der Waals surface area (Å²) in [5.41, 5.74) is 7.93. The molecule has 1 aromatic heterocycles. The van der Waals surface area contributed by atoms with E-state index in [4.69, 9.17) is 10.5 Å². The number of nitrogen functional groups attached to an aromatic ring is 1. The van der Waals surface area contributed by atoms with Crippen molar-refractivity contribution in [2.24, 2.45) is 5.92 Å². The van der Waals surface area contributed by atoms with Crippen molar-refractivity contribution in [2.45, 2.75) is 39.2 Å². The van der Waals surface area contributed by atoms with E-state index >= 15 is 0 Å². The van der Waals surface area contributed by atoms with Crippen molar-refractivity contribution in [3.8, 4) is 0 Å². The van der Waals surface area contributed by atoms with Gasteiger partial charge in [-0.1, -0.05) is 6.92 Å². The summed E-state index contributed by atoms with van der Waals surface area (Å²) in [6.45, 7) is 4.05. The zero-order valence-electron chi connectivity index (χ0n) is 10.2. The Balaban J connectivity index is 2.36. The van der Waals surface area contributed by atoms with Crippen LogP contribution in [0.3, 0.4) is 0 Å². The van der Waals surface area contributed by atoms with Gasteiger partial charge in [0.2, 0.25) is 0 Å². The van der Waals surface area contributed by atoms with Crippen LogP contribution < -0.4 is 5.73 Å². The molecule has 2 N–H and O–H groups in total. The predicted molar refractivity (Wildman–Crippen MR) is 63.0 cm³/mol. The van der Waals surface area contributed by atoms with Crippen molar-refractivity contribution in [3.63, 3.8) is 0 Å². The fraction of sp³-hybridized carbons (Fsp3) is 0.667. The summed E-state index contributed by atoms with van der Waals surface area (Å²) in [6, 6.07) is 0. The topological polar surface area (TPSA) is 61.0 Å². The molecule has 4 nitrogen and oxygen atoms in total. The highest BCUT2D eigenvalue weighted by Gasteiger charge is 2.34. The Morgan fingerprint density at radius 3 is 2.62 bits per heavy atom. The summed E-state index contributed by atoms with van der Waals surface area (Å²) in [4.78, 5) is 8.92. The van der Waals surface area contributed by atoms with Gasteiger partial charge in [-0.05, 0) is 32.1 Å². The standard InChI is InChI=1S/C12H19N3O/c1-4-9-7(2)11(13)15-12(14-9)10(16-3)8-5-6-8/h8,10H,4-6H2,1-3H3,(H2,13,14,15). The van der Waals surface area contributed by atoms with Crippen molar-refractivity contribution in [2.75, 3.05) is 12.8 Å². The number of nitrogens with zero attached hydrogens (tertiary/aromatic N) is 2. The minimum absolute atomic E-state index is 0.0215. The van der Waals surface area contributed by atoms with Crippen LogP contribution in [-0.4, -0.2) is 17.1 Å². The van der Waals surface area contributed by atoms with Crippen LogP contribution in [-0.2, 0) is 11.2 Å². The average molecular weight is 221 g/mol. The molecule has 0 aliphatic heterocycles. The molecule has 1 fully saturated rings. The Hall–Kier alpha value is -1.16. The number of hydrogen-bond acceptors (Lipinski definition) is 4. The number of ether oxygens (including phenoxy) is 1. The third kappa shape index (κ3) is 2.02. The van der Waals surface area contributed by atoms with E-state index in [1.807, 2.05) is 6.92 Å². The number of hydrogen-bond donors (Lipinski definition) is 1. The summed E-state index contributed by atoms with van der Waals surface area (Å²) >= 11 is 0. The molecule has 0 radical (unpaired) electrons. The van der Waals surface area contributed by atoms with Gasteiger partial charge in [0.15, 0.2) is 5.82 Å².